The van der Waals surface area contributed by atoms with Gasteiger partial charge in [0.25, 0.3) is 0 Å². The average molecular weight is 304 g/mol. The molecule has 0 aliphatic rings. The van der Waals surface area contributed by atoms with E-state index in [0.717, 1.165) is 21.2 Å². The molecule has 0 spiro atoms. The fourth-order valence-corrected chi connectivity index (χ4v) is 2.39. The van der Waals surface area contributed by atoms with Gasteiger partial charge in [-0.1, -0.05) is 35.5 Å². The Hall–Kier alpha value is -1.81. The second-order valence-electron chi connectivity index (χ2n) is 3.92. The van der Waals surface area contributed by atoms with Crippen LogP contribution in [0, 0.1) is 0 Å². The van der Waals surface area contributed by atoms with Gasteiger partial charge in [-0.3, -0.25) is 0 Å². The third-order valence-electron chi connectivity index (χ3n) is 2.71. The summed E-state index contributed by atoms with van der Waals surface area (Å²) in [6.45, 7) is 0.445. The normalized spacial score (nSPS) is 10.7. The van der Waals surface area contributed by atoms with Gasteiger partial charge in [0, 0.05) is 5.56 Å². The molecule has 3 aromatic rings. The van der Waals surface area contributed by atoms with Crippen molar-refractivity contribution >= 4 is 26.7 Å². The first kappa shape index (κ1) is 11.3. The van der Waals surface area contributed by atoms with Crippen molar-refractivity contribution in [3.8, 4) is 5.75 Å². The van der Waals surface area contributed by atoms with Crippen LogP contribution in [0.15, 0.2) is 57.9 Å². The van der Waals surface area contributed by atoms with Gasteiger partial charge in [0.05, 0.1) is 10.7 Å². The van der Waals surface area contributed by atoms with E-state index in [4.69, 9.17) is 9.26 Å². The van der Waals surface area contributed by atoms with Gasteiger partial charge in [0.2, 0.25) is 0 Å². The first-order chi connectivity index (χ1) is 8.84. The fraction of sp³-hybridized carbons (Fsp3) is 0.0714. The molecule has 0 unspecified atom stereocenters. The van der Waals surface area contributed by atoms with E-state index < -0.39 is 0 Å². The zero-order valence-electron chi connectivity index (χ0n) is 9.47. The van der Waals surface area contributed by atoms with Crippen molar-refractivity contribution in [1.29, 1.82) is 0 Å². The summed E-state index contributed by atoms with van der Waals surface area (Å²) in [5.41, 5.74) is 0.912. The van der Waals surface area contributed by atoms with Crippen LogP contribution >= 0.6 is 15.9 Å². The zero-order chi connectivity index (χ0) is 12.4. The molecular weight excluding hydrogens is 294 g/mol. The monoisotopic (exact) mass is 303 g/mol. The summed E-state index contributed by atoms with van der Waals surface area (Å²) >= 11 is 3.58. The van der Waals surface area contributed by atoms with Crippen LogP contribution in [0.1, 0.15) is 5.56 Å². The molecule has 4 heteroatoms. The van der Waals surface area contributed by atoms with Crippen molar-refractivity contribution in [2.24, 2.45) is 0 Å². The van der Waals surface area contributed by atoms with Crippen molar-refractivity contribution < 1.29 is 9.26 Å². The van der Waals surface area contributed by atoms with Crippen molar-refractivity contribution in [2.45, 2.75) is 6.61 Å². The van der Waals surface area contributed by atoms with Crippen LogP contribution < -0.4 is 4.74 Å². The van der Waals surface area contributed by atoms with Gasteiger partial charge in [-0.25, -0.2) is 0 Å². The second-order valence-corrected chi connectivity index (χ2v) is 4.71. The predicted octanol–water partition coefficient (Wildman–Crippen LogP) is 4.17. The Labute approximate surface area is 112 Å². The molecule has 0 N–H and O–H groups in total. The SMILES string of the molecule is Brc1c(OCc2cnoc2)ccc2ccccc12. The Balaban J connectivity index is 1.90. The molecule has 0 bridgehead atoms. The number of ether oxygens (including phenoxy) is 1. The van der Waals surface area contributed by atoms with E-state index in [1.165, 1.54) is 5.39 Å². The highest BCUT2D eigenvalue weighted by molar-refractivity contribution is 9.10. The summed E-state index contributed by atoms with van der Waals surface area (Å²) in [6.07, 6.45) is 3.23. The van der Waals surface area contributed by atoms with E-state index in [-0.39, 0.29) is 0 Å². The molecule has 0 atom stereocenters. The standard InChI is InChI=1S/C14H10BrNO2/c15-14-12-4-2-1-3-11(12)5-6-13(14)17-8-10-7-16-18-9-10/h1-7,9H,8H2. The van der Waals surface area contributed by atoms with Gasteiger partial charge < -0.3 is 9.26 Å². The largest absolute Gasteiger partial charge is 0.488 e. The summed E-state index contributed by atoms with van der Waals surface area (Å²) in [5.74, 6) is 0.815. The molecule has 0 aliphatic heterocycles. The predicted molar refractivity (Wildman–Crippen MR) is 72.5 cm³/mol. The van der Waals surface area contributed by atoms with Crippen LogP contribution in [0.5, 0.6) is 5.75 Å². The van der Waals surface area contributed by atoms with Gasteiger partial charge in [-0.2, -0.15) is 0 Å². The molecule has 3 rings (SSSR count). The van der Waals surface area contributed by atoms with Gasteiger partial charge in [0.1, 0.15) is 18.6 Å². The average Bonchev–Trinajstić information content (AvgIpc) is 2.91. The maximum absolute atomic E-state index is 5.74. The van der Waals surface area contributed by atoms with E-state index in [1.54, 1.807) is 12.5 Å². The molecule has 0 aliphatic carbocycles. The highest BCUT2D eigenvalue weighted by Crippen LogP contribution is 2.33. The minimum absolute atomic E-state index is 0.445. The molecule has 0 fully saturated rings. The molecule has 18 heavy (non-hydrogen) atoms. The summed E-state index contributed by atoms with van der Waals surface area (Å²) in [6, 6.07) is 12.2. The molecule has 1 heterocycles. The number of aromatic nitrogens is 1. The molecule has 0 saturated carbocycles. The maximum Gasteiger partial charge on any atom is 0.134 e. The Morgan fingerprint density at radius 1 is 1.17 bits per heavy atom. The smallest absolute Gasteiger partial charge is 0.134 e. The minimum atomic E-state index is 0.445. The highest BCUT2D eigenvalue weighted by Gasteiger charge is 2.06. The van der Waals surface area contributed by atoms with E-state index in [1.807, 2.05) is 24.3 Å². The molecule has 0 radical (unpaired) electrons. The molecule has 3 nitrogen and oxygen atoms in total. The molecule has 1 aromatic heterocycles. The van der Waals surface area contributed by atoms with E-state index >= 15 is 0 Å². The number of fused-ring (bicyclic) bond motifs is 1. The third-order valence-corrected chi connectivity index (χ3v) is 3.52. The summed E-state index contributed by atoms with van der Waals surface area (Å²) in [4.78, 5) is 0. The number of hydrogen-bond donors (Lipinski definition) is 0. The number of hydrogen-bond acceptors (Lipinski definition) is 3. The Kier molecular flexibility index (Phi) is 3.02. The summed E-state index contributed by atoms with van der Waals surface area (Å²) in [5, 5.41) is 5.96. The zero-order valence-corrected chi connectivity index (χ0v) is 11.1. The van der Waals surface area contributed by atoms with E-state index in [0.29, 0.717) is 6.61 Å². The number of halogens is 1. The van der Waals surface area contributed by atoms with Crippen LogP contribution in [0.2, 0.25) is 0 Å². The highest BCUT2D eigenvalue weighted by atomic mass is 79.9. The lowest BCUT2D eigenvalue weighted by Crippen LogP contribution is -1.94. The molecule has 2 aromatic carbocycles. The van der Waals surface area contributed by atoms with Crippen molar-refractivity contribution in [1.82, 2.24) is 5.16 Å². The van der Waals surface area contributed by atoms with Crippen molar-refractivity contribution in [2.75, 3.05) is 0 Å². The maximum atomic E-state index is 5.74. The van der Waals surface area contributed by atoms with Crippen LogP contribution in [-0.4, -0.2) is 5.16 Å². The topological polar surface area (TPSA) is 35.3 Å². The van der Waals surface area contributed by atoms with Crippen LogP contribution in [-0.2, 0) is 6.61 Å². The molecule has 90 valence electrons. The van der Waals surface area contributed by atoms with Crippen molar-refractivity contribution in [3.63, 3.8) is 0 Å². The third kappa shape index (κ3) is 2.11. The Morgan fingerprint density at radius 2 is 2.06 bits per heavy atom. The van der Waals surface area contributed by atoms with Gasteiger partial charge >= 0.3 is 0 Å². The molecule has 0 saturated heterocycles. The first-order valence-electron chi connectivity index (χ1n) is 5.53. The quantitative estimate of drug-likeness (QED) is 0.728. The number of nitrogens with zero attached hydrogens (tertiary/aromatic N) is 1. The molecular formula is C14H10BrNO2. The van der Waals surface area contributed by atoms with E-state index in [9.17, 15) is 0 Å². The molecule has 0 amide bonds. The van der Waals surface area contributed by atoms with Crippen LogP contribution in [0.4, 0.5) is 0 Å². The second kappa shape index (κ2) is 4.82. The van der Waals surface area contributed by atoms with E-state index in [2.05, 4.69) is 33.2 Å². The van der Waals surface area contributed by atoms with Gasteiger partial charge in [0.15, 0.2) is 0 Å². The number of rotatable bonds is 3. The summed E-state index contributed by atoms with van der Waals surface area (Å²) < 4.78 is 11.5. The number of benzene rings is 2. The Bertz CT molecular complexity index is 665. The van der Waals surface area contributed by atoms with Crippen LogP contribution in [0.25, 0.3) is 10.8 Å². The lowest BCUT2D eigenvalue weighted by molar-refractivity contribution is 0.303. The minimum Gasteiger partial charge on any atom is -0.488 e. The first-order valence-corrected chi connectivity index (χ1v) is 6.32. The fourth-order valence-electron chi connectivity index (χ4n) is 1.78. The van der Waals surface area contributed by atoms with Gasteiger partial charge in [-0.15, -0.1) is 0 Å². The lowest BCUT2D eigenvalue weighted by atomic mass is 10.1. The lowest BCUT2D eigenvalue weighted by Gasteiger charge is -2.09. The van der Waals surface area contributed by atoms with Crippen molar-refractivity contribution in [3.05, 3.63) is 58.9 Å². The summed E-state index contributed by atoms with van der Waals surface area (Å²) in [7, 11) is 0. The Morgan fingerprint density at radius 3 is 2.89 bits per heavy atom. The van der Waals surface area contributed by atoms with Gasteiger partial charge in [-0.05, 0) is 32.8 Å². The van der Waals surface area contributed by atoms with Crippen LogP contribution in [0.3, 0.4) is 0 Å².